The zero-order valence-corrected chi connectivity index (χ0v) is 8.56. The predicted octanol–water partition coefficient (Wildman–Crippen LogP) is 0.495. The number of rotatable bonds is 2. The molecule has 0 aliphatic heterocycles. The highest BCUT2D eigenvalue weighted by Gasteiger charge is 2.14. The minimum absolute atomic E-state index is 0.0481. The molecule has 0 unspecified atom stereocenters. The summed E-state index contributed by atoms with van der Waals surface area (Å²) in [6.07, 6.45) is 4.04. The number of carbonyl (C=O) groups excluding carboxylic acids is 1. The fourth-order valence-corrected chi connectivity index (χ4v) is 1.32. The van der Waals surface area contributed by atoms with Crippen LogP contribution in [-0.2, 0) is 4.74 Å². The van der Waals surface area contributed by atoms with Gasteiger partial charge in [0, 0.05) is 6.20 Å². The number of aromatic nitrogens is 3. The van der Waals surface area contributed by atoms with E-state index in [4.69, 9.17) is 4.74 Å². The van der Waals surface area contributed by atoms with E-state index in [2.05, 4.69) is 15.0 Å². The average Bonchev–Trinajstić information content (AvgIpc) is 2.30. The first-order chi connectivity index (χ1) is 7.74. The molecule has 0 saturated carbocycles. The Kier molecular flexibility index (Phi) is 2.63. The van der Waals surface area contributed by atoms with Gasteiger partial charge in [-0.25, -0.2) is 14.8 Å². The molecule has 0 aromatic carbocycles. The Morgan fingerprint density at radius 3 is 3.12 bits per heavy atom. The van der Waals surface area contributed by atoms with Crippen LogP contribution in [0.4, 0.5) is 0 Å². The number of H-pyrrole nitrogens is 1. The van der Waals surface area contributed by atoms with Crippen LogP contribution >= 0.6 is 0 Å². The van der Waals surface area contributed by atoms with Crippen molar-refractivity contribution in [3.63, 3.8) is 0 Å². The minimum Gasteiger partial charge on any atom is -0.462 e. The molecule has 0 bridgehead atoms. The van der Waals surface area contributed by atoms with E-state index < -0.39 is 11.4 Å². The van der Waals surface area contributed by atoms with Crippen molar-refractivity contribution >= 4 is 17.0 Å². The van der Waals surface area contributed by atoms with E-state index >= 15 is 0 Å². The molecule has 6 nitrogen and oxygen atoms in total. The Balaban J connectivity index is 2.61. The zero-order valence-electron chi connectivity index (χ0n) is 8.56. The van der Waals surface area contributed by atoms with Crippen LogP contribution in [0.3, 0.4) is 0 Å². The molecule has 0 atom stereocenters. The van der Waals surface area contributed by atoms with Crippen LogP contribution in [-0.4, -0.2) is 27.5 Å². The van der Waals surface area contributed by atoms with Crippen molar-refractivity contribution in [1.29, 1.82) is 0 Å². The molecule has 2 rings (SSSR count). The number of hydrogen-bond donors (Lipinski definition) is 1. The number of esters is 1. The second-order valence-corrected chi connectivity index (χ2v) is 3.04. The summed E-state index contributed by atoms with van der Waals surface area (Å²) in [5, 5.41) is 0. The van der Waals surface area contributed by atoms with Gasteiger partial charge in [0.2, 0.25) is 5.43 Å². The third kappa shape index (κ3) is 1.65. The first kappa shape index (κ1) is 10.3. The quantitative estimate of drug-likeness (QED) is 0.743. The summed E-state index contributed by atoms with van der Waals surface area (Å²) in [5.74, 6) is -0.649. The molecule has 0 spiro atoms. The van der Waals surface area contributed by atoms with Gasteiger partial charge in [0.1, 0.15) is 17.4 Å². The maximum absolute atomic E-state index is 11.8. The first-order valence-corrected chi connectivity index (χ1v) is 4.72. The Morgan fingerprint density at radius 1 is 1.56 bits per heavy atom. The van der Waals surface area contributed by atoms with Crippen molar-refractivity contribution in [2.24, 2.45) is 0 Å². The maximum atomic E-state index is 11.8. The van der Waals surface area contributed by atoms with E-state index in [1.165, 1.54) is 18.7 Å². The summed E-state index contributed by atoms with van der Waals surface area (Å²) in [4.78, 5) is 33.6. The second kappa shape index (κ2) is 4.09. The van der Waals surface area contributed by atoms with Gasteiger partial charge in [-0.1, -0.05) is 0 Å². The van der Waals surface area contributed by atoms with Crippen molar-refractivity contribution in [2.75, 3.05) is 6.61 Å². The summed E-state index contributed by atoms with van der Waals surface area (Å²) >= 11 is 0. The van der Waals surface area contributed by atoms with Gasteiger partial charge in [-0.05, 0) is 6.92 Å². The van der Waals surface area contributed by atoms with Gasteiger partial charge in [0.15, 0.2) is 0 Å². The van der Waals surface area contributed by atoms with E-state index in [0.717, 1.165) is 0 Å². The number of ether oxygens (including phenoxy) is 1. The third-order valence-corrected chi connectivity index (χ3v) is 2.04. The van der Waals surface area contributed by atoms with Gasteiger partial charge in [-0.15, -0.1) is 0 Å². The minimum atomic E-state index is -0.649. The zero-order chi connectivity index (χ0) is 11.5. The fourth-order valence-electron chi connectivity index (χ4n) is 1.32. The monoisotopic (exact) mass is 219 g/mol. The average molecular weight is 219 g/mol. The highest BCUT2D eigenvalue weighted by Crippen LogP contribution is 2.03. The maximum Gasteiger partial charge on any atom is 0.343 e. The molecule has 82 valence electrons. The molecule has 2 aromatic heterocycles. The van der Waals surface area contributed by atoms with Crippen molar-refractivity contribution in [3.05, 3.63) is 34.5 Å². The summed E-state index contributed by atoms with van der Waals surface area (Å²) in [6.45, 7) is 1.90. The van der Waals surface area contributed by atoms with Crippen molar-refractivity contribution in [2.45, 2.75) is 6.92 Å². The van der Waals surface area contributed by atoms with E-state index in [-0.39, 0.29) is 17.7 Å². The van der Waals surface area contributed by atoms with Crippen LogP contribution in [0, 0.1) is 0 Å². The number of nitrogens with one attached hydrogen (secondary N) is 1. The topological polar surface area (TPSA) is 84.9 Å². The van der Waals surface area contributed by atoms with Crippen molar-refractivity contribution < 1.29 is 9.53 Å². The van der Waals surface area contributed by atoms with Crippen LogP contribution in [0.15, 0.2) is 23.5 Å². The molecule has 6 heteroatoms. The number of carbonyl (C=O) groups is 1. The van der Waals surface area contributed by atoms with Gasteiger partial charge >= 0.3 is 5.97 Å². The summed E-state index contributed by atoms with van der Waals surface area (Å²) in [5.41, 5.74) is 0.170. The normalized spacial score (nSPS) is 10.3. The fraction of sp³-hybridized carbons (Fsp3) is 0.200. The summed E-state index contributed by atoms with van der Waals surface area (Å²) in [6, 6.07) is 0. The SMILES string of the molecule is CCOC(=O)c1c[nH]c2cncnc2c1=O. The molecule has 0 amide bonds. The molecule has 0 aliphatic carbocycles. The van der Waals surface area contributed by atoms with E-state index in [9.17, 15) is 9.59 Å². The van der Waals surface area contributed by atoms with Gasteiger partial charge in [-0.3, -0.25) is 4.79 Å². The smallest absolute Gasteiger partial charge is 0.343 e. The van der Waals surface area contributed by atoms with E-state index in [0.29, 0.717) is 5.52 Å². The van der Waals surface area contributed by atoms with E-state index in [1.807, 2.05) is 0 Å². The van der Waals surface area contributed by atoms with E-state index in [1.54, 1.807) is 6.92 Å². The number of aromatic amines is 1. The van der Waals surface area contributed by atoms with Crippen LogP contribution < -0.4 is 5.43 Å². The van der Waals surface area contributed by atoms with Crippen LogP contribution in [0.25, 0.3) is 11.0 Å². The van der Waals surface area contributed by atoms with Crippen molar-refractivity contribution in [3.8, 4) is 0 Å². The molecule has 1 N–H and O–H groups in total. The number of pyridine rings is 1. The number of fused-ring (bicyclic) bond motifs is 1. The lowest BCUT2D eigenvalue weighted by molar-refractivity contribution is 0.0524. The van der Waals surface area contributed by atoms with Gasteiger partial charge in [-0.2, -0.15) is 0 Å². The molecule has 0 aliphatic rings. The third-order valence-electron chi connectivity index (χ3n) is 2.04. The second-order valence-electron chi connectivity index (χ2n) is 3.04. The lowest BCUT2D eigenvalue weighted by Gasteiger charge is -2.01. The molecule has 2 heterocycles. The molecule has 0 fully saturated rings. The van der Waals surface area contributed by atoms with Crippen LogP contribution in [0.1, 0.15) is 17.3 Å². The molecule has 0 saturated heterocycles. The predicted molar refractivity (Wildman–Crippen MR) is 56.1 cm³/mol. The Labute approximate surface area is 90.3 Å². The standard InChI is InChI=1S/C10H9N3O3/c1-2-16-10(15)6-3-12-7-4-11-5-13-8(7)9(6)14/h3-5H,2H2,1H3,(H,12,14). The lowest BCUT2D eigenvalue weighted by atomic mass is 10.2. The first-order valence-electron chi connectivity index (χ1n) is 4.72. The number of nitrogens with zero attached hydrogens (tertiary/aromatic N) is 2. The van der Waals surface area contributed by atoms with Gasteiger partial charge in [0.25, 0.3) is 0 Å². The van der Waals surface area contributed by atoms with Gasteiger partial charge in [0.05, 0.1) is 18.3 Å². The molecule has 2 aromatic rings. The molecule has 0 radical (unpaired) electrons. The van der Waals surface area contributed by atoms with Crippen molar-refractivity contribution in [1.82, 2.24) is 15.0 Å². The molecule has 16 heavy (non-hydrogen) atoms. The van der Waals surface area contributed by atoms with Crippen LogP contribution in [0.5, 0.6) is 0 Å². The number of hydrogen-bond acceptors (Lipinski definition) is 5. The Morgan fingerprint density at radius 2 is 2.38 bits per heavy atom. The lowest BCUT2D eigenvalue weighted by Crippen LogP contribution is -2.18. The largest absolute Gasteiger partial charge is 0.462 e. The van der Waals surface area contributed by atoms with Gasteiger partial charge < -0.3 is 9.72 Å². The molecular formula is C10H9N3O3. The van der Waals surface area contributed by atoms with Crippen LogP contribution in [0.2, 0.25) is 0 Å². The molecular weight excluding hydrogens is 210 g/mol. The highest BCUT2D eigenvalue weighted by atomic mass is 16.5. The summed E-state index contributed by atoms with van der Waals surface area (Å²) < 4.78 is 4.76. The Bertz CT molecular complexity index is 591. The highest BCUT2D eigenvalue weighted by molar-refractivity contribution is 5.92. The Hall–Kier alpha value is -2.24. The summed E-state index contributed by atoms with van der Waals surface area (Å²) in [7, 11) is 0.